The molecule has 4 nitrogen and oxygen atoms in total. The lowest BCUT2D eigenvalue weighted by atomic mass is 10.1. The largest absolute Gasteiger partial charge is 0.342 e. The monoisotopic (exact) mass is 352 g/mol. The molecule has 3 rings (SSSR count). The number of para-hydroxylation sites is 1. The molecular formula is C20H20N2O2S. The number of hydrogen-bond acceptors (Lipinski definition) is 3. The molecule has 1 aromatic heterocycles. The number of fused-ring (bicyclic) bond motifs is 1. The van der Waals surface area contributed by atoms with Gasteiger partial charge in [0.2, 0.25) is 5.91 Å². The van der Waals surface area contributed by atoms with Gasteiger partial charge in [0.25, 0.3) is 5.91 Å². The van der Waals surface area contributed by atoms with Crippen LogP contribution in [0.5, 0.6) is 0 Å². The Bertz CT molecular complexity index is 930. The minimum atomic E-state index is -0.229. The number of amides is 2. The third-order valence-electron chi connectivity index (χ3n) is 4.13. The molecule has 0 bridgehead atoms. The molecule has 128 valence electrons. The summed E-state index contributed by atoms with van der Waals surface area (Å²) in [7, 11) is 0. The van der Waals surface area contributed by atoms with Crippen molar-refractivity contribution in [2.45, 2.75) is 20.3 Å². The van der Waals surface area contributed by atoms with Crippen molar-refractivity contribution in [3.8, 4) is 0 Å². The highest BCUT2D eigenvalue weighted by Gasteiger charge is 2.16. The zero-order chi connectivity index (χ0) is 17.8. The van der Waals surface area contributed by atoms with Gasteiger partial charge in [-0.1, -0.05) is 43.3 Å². The van der Waals surface area contributed by atoms with E-state index in [0.717, 1.165) is 33.3 Å². The number of nitrogens with one attached hydrogen (secondary N) is 2. The van der Waals surface area contributed by atoms with Crippen LogP contribution in [0.2, 0.25) is 0 Å². The lowest BCUT2D eigenvalue weighted by molar-refractivity contribution is -0.115. The highest BCUT2D eigenvalue weighted by Crippen LogP contribution is 2.30. The maximum absolute atomic E-state index is 12.4. The standard InChI is InChI=1S/C20H20N2O2S/c1-3-14-8-4-6-10-16(14)22-18(23)12-21-20(24)19-13(2)15-9-5-7-11-17(15)25-19/h4-11H,3,12H2,1-2H3,(H,21,24)(H,22,23). The summed E-state index contributed by atoms with van der Waals surface area (Å²) in [5, 5.41) is 6.66. The summed E-state index contributed by atoms with van der Waals surface area (Å²) in [6.45, 7) is 3.92. The van der Waals surface area contributed by atoms with Gasteiger partial charge < -0.3 is 10.6 Å². The maximum atomic E-state index is 12.4. The van der Waals surface area contributed by atoms with E-state index in [2.05, 4.69) is 10.6 Å². The van der Waals surface area contributed by atoms with E-state index < -0.39 is 0 Å². The third-order valence-corrected chi connectivity index (χ3v) is 5.40. The van der Waals surface area contributed by atoms with Crippen LogP contribution in [0.3, 0.4) is 0 Å². The van der Waals surface area contributed by atoms with E-state index in [-0.39, 0.29) is 18.4 Å². The number of hydrogen-bond donors (Lipinski definition) is 2. The Kier molecular flexibility index (Phi) is 5.14. The van der Waals surface area contributed by atoms with Gasteiger partial charge in [-0.25, -0.2) is 0 Å². The smallest absolute Gasteiger partial charge is 0.262 e. The number of anilines is 1. The third kappa shape index (κ3) is 3.72. The Labute approximate surface area is 150 Å². The van der Waals surface area contributed by atoms with Crippen molar-refractivity contribution in [2.24, 2.45) is 0 Å². The number of rotatable bonds is 5. The first-order valence-electron chi connectivity index (χ1n) is 8.24. The Morgan fingerprint density at radius 3 is 2.52 bits per heavy atom. The quantitative estimate of drug-likeness (QED) is 0.725. The topological polar surface area (TPSA) is 58.2 Å². The second kappa shape index (κ2) is 7.49. The van der Waals surface area contributed by atoms with E-state index >= 15 is 0 Å². The molecular weight excluding hydrogens is 332 g/mol. The first-order chi connectivity index (χ1) is 12.1. The molecule has 2 aromatic carbocycles. The summed E-state index contributed by atoms with van der Waals surface area (Å²) in [5.74, 6) is -0.439. The summed E-state index contributed by atoms with van der Waals surface area (Å²) in [6, 6.07) is 15.6. The number of carbonyl (C=O) groups excluding carboxylic acids is 2. The van der Waals surface area contributed by atoms with Crippen molar-refractivity contribution in [1.29, 1.82) is 0 Å². The molecule has 0 fully saturated rings. The molecule has 2 amide bonds. The lowest BCUT2D eigenvalue weighted by Crippen LogP contribution is -2.32. The van der Waals surface area contributed by atoms with Gasteiger partial charge in [-0.3, -0.25) is 9.59 Å². The number of thiophene rings is 1. The van der Waals surface area contributed by atoms with Crippen molar-refractivity contribution < 1.29 is 9.59 Å². The second-order valence-corrected chi connectivity index (χ2v) is 6.85. The highest BCUT2D eigenvalue weighted by molar-refractivity contribution is 7.21. The van der Waals surface area contributed by atoms with E-state index in [1.165, 1.54) is 11.3 Å². The van der Waals surface area contributed by atoms with Crippen LogP contribution in [0.4, 0.5) is 5.69 Å². The normalized spacial score (nSPS) is 10.6. The van der Waals surface area contributed by atoms with Crippen molar-refractivity contribution in [2.75, 3.05) is 11.9 Å². The predicted molar refractivity (Wildman–Crippen MR) is 103 cm³/mol. The number of benzene rings is 2. The summed E-state index contributed by atoms with van der Waals surface area (Å²) in [4.78, 5) is 25.2. The Hall–Kier alpha value is -2.66. The first kappa shape index (κ1) is 17.2. The molecule has 0 aliphatic rings. The van der Waals surface area contributed by atoms with Gasteiger partial charge in [0.1, 0.15) is 0 Å². The van der Waals surface area contributed by atoms with Crippen molar-refractivity contribution in [3.05, 3.63) is 64.5 Å². The van der Waals surface area contributed by atoms with Crippen LogP contribution in [0.25, 0.3) is 10.1 Å². The second-order valence-electron chi connectivity index (χ2n) is 5.79. The minimum absolute atomic E-state index is 0.0510. The summed E-state index contributed by atoms with van der Waals surface area (Å²) < 4.78 is 1.08. The van der Waals surface area contributed by atoms with Gasteiger partial charge >= 0.3 is 0 Å². The van der Waals surface area contributed by atoms with Crippen LogP contribution >= 0.6 is 11.3 Å². The minimum Gasteiger partial charge on any atom is -0.342 e. The number of carbonyl (C=O) groups is 2. The van der Waals surface area contributed by atoms with Gasteiger partial charge in [0.15, 0.2) is 0 Å². The van der Waals surface area contributed by atoms with Crippen molar-refractivity contribution >= 4 is 38.9 Å². The van der Waals surface area contributed by atoms with Gasteiger partial charge in [-0.05, 0) is 42.0 Å². The molecule has 0 aliphatic carbocycles. The average molecular weight is 352 g/mol. The van der Waals surface area contributed by atoms with Gasteiger partial charge in [0.05, 0.1) is 11.4 Å². The zero-order valence-corrected chi connectivity index (χ0v) is 15.1. The number of aryl methyl sites for hydroxylation is 2. The molecule has 3 aromatic rings. The van der Waals surface area contributed by atoms with E-state index in [9.17, 15) is 9.59 Å². The fraction of sp³-hybridized carbons (Fsp3) is 0.200. The van der Waals surface area contributed by atoms with Gasteiger partial charge in [-0.2, -0.15) is 0 Å². The molecule has 2 N–H and O–H groups in total. The molecule has 25 heavy (non-hydrogen) atoms. The van der Waals surface area contributed by atoms with Crippen LogP contribution in [-0.4, -0.2) is 18.4 Å². The molecule has 1 heterocycles. The Balaban J connectivity index is 1.65. The fourth-order valence-electron chi connectivity index (χ4n) is 2.78. The molecule has 5 heteroatoms. The molecule has 0 spiro atoms. The van der Waals surface area contributed by atoms with Crippen LogP contribution in [0.1, 0.15) is 27.7 Å². The fourth-order valence-corrected chi connectivity index (χ4v) is 3.90. The first-order valence-corrected chi connectivity index (χ1v) is 9.06. The molecule has 0 radical (unpaired) electrons. The maximum Gasteiger partial charge on any atom is 0.262 e. The van der Waals surface area contributed by atoms with Crippen molar-refractivity contribution in [1.82, 2.24) is 5.32 Å². The molecule has 0 aliphatic heterocycles. The zero-order valence-electron chi connectivity index (χ0n) is 14.3. The summed E-state index contributed by atoms with van der Waals surface area (Å²) in [5.41, 5.74) is 2.82. The van der Waals surface area contributed by atoms with E-state index in [1.807, 2.05) is 62.4 Å². The van der Waals surface area contributed by atoms with Crippen LogP contribution in [0, 0.1) is 6.92 Å². The van der Waals surface area contributed by atoms with Crippen molar-refractivity contribution in [3.63, 3.8) is 0 Å². The van der Waals surface area contributed by atoms with Gasteiger partial charge in [-0.15, -0.1) is 11.3 Å². The Morgan fingerprint density at radius 1 is 1.04 bits per heavy atom. The van der Waals surface area contributed by atoms with E-state index in [0.29, 0.717) is 4.88 Å². The van der Waals surface area contributed by atoms with E-state index in [1.54, 1.807) is 0 Å². The molecule has 0 saturated carbocycles. The Morgan fingerprint density at radius 2 is 1.76 bits per heavy atom. The molecule has 0 saturated heterocycles. The molecule has 0 unspecified atom stereocenters. The average Bonchev–Trinajstić information content (AvgIpc) is 2.97. The van der Waals surface area contributed by atoms with Crippen LogP contribution in [0.15, 0.2) is 48.5 Å². The van der Waals surface area contributed by atoms with Crippen LogP contribution < -0.4 is 10.6 Å². The predicted octanol–water partition coefficient (Wildman–Crippen LogP) is 4.14. The SMILES string of the molecule is CCc1ccccc1NC(=O)CNC(=O)c1sc2ccccc2c1C. The highest BCUT2D eigenvalue weighted by atomic mass is 32.1. The summed E-state index contributed by atoms with van der Waals surface area (Å²) in [6.07, 6.45) is 0.837. The van der Waals surface area contributed by atoms with Crippen LogP contribution in [-0.2, 0) is 11.2 Å². The van der Waals surface area contributed by atoms with E-state index in [4.69, 9.17) is 0 Å². The summed E-state index contributed by atoms with van der Waals surface area (Å²) >= 11 is 1.45. The lowest BCUT2D eigenvalue weighted by Gasteiger charge is -2.10. The van der Waals surface area contributed by atoms with Gasteiger partial charge in [0, 0.05) is 10.4 Å². The molecule has 0 atom stereocenters.